The highest BCUT2D eigenvalue weighted by molar-refractivity contribution is 7.47. The Morgan fingerprint density at radius 1 is 2.00 bits per heavy atom. The van der Waals surface area contributed by atoms with Crippen LogP contribution in [0.1, 0.15) is 0 Å². The molecule has 0 heterocycles. The van der Waals surface area contributed by atoms with E-state index in [-0.39, 0.29) is 0 Å². The van der Waals surface area contributed by atoms with Crippen molar-refractivity contribution in [2.45, 2.75) is 0 Å². The summed E-state index contributed by atoms with van der Waals surface area (Å²) in [6.45, 7) is 0. The van der Waals surface area contributed by atoms with Crippen LogP contribution in [-0.4, -0.2) is 5.97 Å². The lowest BCUT2D eigenvalue weighted by atomic mass is 10.7. The molecule has 0 aliphatic rings. The van der Waals surface area contributed by atoms with Gasteiger partial charge in [-0.2, -0.15) is 0 Å². The topological polar surface area (TPSA) is 38.7 Å². The Balaban J connectivity index is 3.43. The summed E-state index contributed by atoms with van der Waals surface area (Å²) >= 11 is 3.88. The fourth-order valence-electron chi connectivity index (χ4n) is 0.0602. The SMILES string of the molecule is C#CC(=O)ON=S. The van der Waals surface area contributed by atoms with E-state index in [0.717, 1.165) is 0 Å². The van der Waals surface area contributed by atoms with Crippen LogP contribution in [0, 0.1) is 12.3 Å². The first kappa shape index (κ1) is 6.05. The molecule has 0 aromatic carbocycles. The predicted molar refractivity (Wildman–Crippen MR) is 24.7 cm³/mol. The molecule has 0 saturated heterocycles. The monoisotopic (exact) mass is 115 g/mol. The lowest BCUT2D eigenvalue weighted by Gasteiger charge is -1.77. The summed E-state index contributed by atoms with van der Waals surface area (Å²) < 4.78 is 2.60. The molecule has 0 spiro atoms. The van der Waals surface area contributed by atoms with Crippen molar-refractivity contribution in [1.82, 2.24) is 0 Å². The first-order valence-corrected chi connectivity index (χ1v) is 1.68. The van der Waals surface area contributed by atoms with Gasteiger partial charge in [0.25, 0.3) is 0 Å². The molecule has 0 unspecified atom stereocenters. The Morgan fingerprint density at radius 3 is 2.71 bits per heavy atom. The molecule has 0 aromatic rings. The van der Waals surface area contributed by atoms with Gasteiger partial charge in [-0.3, -0.25) is 4.84 Å². The summed E-state index contributed by atoms with van der Waals surface area (Å²) in [4.78, 5) is 13.5. The highest BCUT2D eigenvalue weighted by atomic mass is 32.1. The number of terminal acetylenes is 1. The maximum absolute atomic E-state index is 9.79. The van der Waals surface area contributed by atoms with Crippen molar-refractivity contribution in [3.8, 4) is 12.3 Å². The second-order valence-electron chi connectivity index (χ2n) is 0.598. The van der Waals surface area contributed by atoms with E-state index in [9.17, 15) is 4.79 Å². The predicted octanol–water partition coefficient (Wildman–Crippen LogP) is -0.192. The molecule has 0 aliphatic heterocycles. The molecule has 7 heavy (non-hydrogen) atoms. The van der Waals surface area contributed by atoms with Crippen molar-refractivity contribution in [3.63, 3.8) is 0 Å². The molecule has 0 aliphatic carbocycles. The van der Waals surface area contributed by atoms with Gasteiger partial charge in [-0.1, -0.05) is 0 Å². The number of hydrogen-bond donors (Lipinski definition) is 0. The standard InChI is InChI=1S/C3HNO2S/c1-2-3(5)6-4-7/h1H. The fourth-order valence-corrected chi connectivity index (χ4v) is 0.128. The van der Waals surface area contributed by atoms with E-state index in [1.807, 2.05) is 0 Å². The van der Waals surface area contributed by atoms with E-state index in [1.54, 1.807) is 5.92 Å². The molecule has 0 rings (SSSR count). The average molecular weight is 115 g/mol. The molecule has 0 atom stereocenters. The van der Waals surface area contributed by atoms with Gasteiger partial charge in [0.1, 0.15) is 0 Å². The molecule has 0 bridgehead atoms. The van der Waals surface area contributed by atoms with Gasteiger partial charge in [0.05, 0.1) is 12.4 Å². The van der Waals surface area contributed by atoms with Gasteiger partial charge in [0, 0.05) is 5.92 Å². The van der Waals surface area contributed by atoms with Gasteiger partial charge in [-0.05, 0) is 4.53 Å². The van der Waals surface area contributed by atoms with Crippen LogP contribution in [-0.2, 0) is 22.1 Å². The Hall–Kier alpha value is -0.950. The molecule has 0 saturated carbocycles. The van der Waals surface area contributed by atoms with Gasteiger partial charge in [-0.15, -0.1) is 6.42 Å². The van der Waals surface area contributed by atoms with Crippen molar-refractivity contribution in [2.75, 3.05) is 0 Å². The van der Waals surface area contributed by atoms with E-state index in [1.165, 1.54) is 0 Å². The fraction of sp³-hybridized carbons (Fsp3) is 0. The summed E-state index contributed by atoms with van der Waals surface area (Å²) in [6.07, 6.45) is 4.53. The van der Waals surface area contributed by atoms with Crippen molar-refractivity contribution >= 4 is 18.4 Å². The summed E-state index contributed by atoms with van der Waals surface area (Å²) in [5.74, 6) is 0.779. The third kappa shape index (κ3) is 2.86. The average Bonchev–Trinajstić information content (AvgIpc) is 1.68. The number of nitrogens with zero attached hydrogens (tertiary/aromatic N) is 1. The minimum atomic E-state index is -0.866. The molecule has 0 N–H and O–H groups in total. The van der Waals surface area contributed by atoms with Crippen LogP contribution in [0.2, 0.25) is 0 Å². The molecule has 0 fully saturated rings. The molecular formula is C3HNO2S. The smallest absolute Gasteiger partial charge is 0.293 e. The highest BCUT2D eigenvalue weighted by Crippen LogP contribution is 1.71. The van der Waals surface area contributed by atoms with Gasteiger partial charge < -0.3 is 0 Å². The molecule has 4 heteroatoms. The third-order valence-electron chi connectivity index (χ3n) is 0.238. The van der Waals surface area contributed by atoms with E-state index >= 15 is 0 Å². The second-order valence-corrected chi connectivity index (χ2v) is 0.747. The minimum Gasteiger partial charge on any atom is -0.293 e. The highest BCUT2D eigenvalue weighted by Gasteiger charge is 1.88. The van der Waals surface area contributed by atoms with Gasteiger partial charge >= 0.3 is 5.97 Å². The zero-order valence-corrected chi connectivity index (χ0v) is 4.07. The van der Waals surface area contributed by atoms with Crippen LogP contribution in [0.25, 0.3) is 0 Å². The van der Waals surface area contributed by atoms with Crippen LogP contribution >= 0.6 is 0 Å². The Labute approximate surface area is 45.8 Å². The molecule has 36 valence electrons. The zero-order valence-electron chi connectivity index (χ0n) is 3.25. The second kappa shape index (κ2) is 3.25. The van der Waals surface area contributed by atoms with E-state index < -0.39 is 5.97 Å². The van der Waals surface area contributed by atoms with Crippen molar-refractivity contribution < 1.29 is 9.63 Å². The Kier molecular flexibility index (Phi) is 2.81. The normalized spacial score (nSPS) is 6.14. The molecule has 0 aromatic heterocycles. The van der Waals surface area contributed by atoms with Crippen LogP contribution < -0.4 is 0 Å². The summed E-state index contributed by atoms with van der Waals surface area (Å²) in [5.41, 5.74) is 0. The lowest BCUT2D eigenvalue weighted by Crippen LogP contribution is -1.91. The third-order valence-corrected chi connectivity index (χ3v) is 0.313. The Bertz CT molecular complexity index is 125. The number of hydrogen-bond acceptors (Lipinski definition) is 4. The van der Waals surface area contributed by atoms with Crippen LogP contribution in [0.5, 0.6) is 0 Å². The van der Waals surface area contributed by atoms with Gasteiger partial charge in [0.15, 0.2) is 0 Å². The minimum absolute atomic E-state index is 0.866. The van der Waals surface area contributed by atoms with E-state index in [2.05, 4.69) is 28.2 Å². The van der Waals surface area contributed by atoms with Crippen molar-refractivity contribution in [1.29, 1.82) is 0 Å². The first-order valence-electron chi connectivity index (χ1n) is 1.31. The molecule has 0 radical (unpaired) electrons. The summed E-state index contributed by atoms with van der Waals surface area (Å²) in [7, 11) is 0. The van der Waals surface area contributed by atoms with Gasteiger partial charge in [-0.25, -0.2) is 4.79 Å². The largest absolute Gasteiger partial charge is 0.411 e. The van der Waals surface area contributed by atoms with Crippen LogP contribution in [0.15, 0.2) is 4.53 Å². The molecule has 3 nitrogen and oxygen atoms in total. The van der Waals surface area contributed by atoms with Crippen LogP contribution in [0.3, 0.4) is 0 Å². The van der Waals surface area contributed by atoms with Crippen LogP contribution in [0.4, 0.5) is 0 Å². The quantitative estimate of drug-likeness (QED) is 0.351. The van der Waals surface area contributed by atoms with Crippen molar-refractivity contribution in [3.05, 3.63) is 0 Å². The van der Waals surface area contributed by atoms with Gasteiger partial charge in [0.2, 0.25) is 0 Å². The molecular weight excluding hydrogens is 114 g/mol. The van der Waals surface area contributed by atoms with Crippen molar-refractivity contribution in [2.24, 2.45) is 4.53 Å². The number of carbonyl (C=O) groups is 1. The van der Waals surface area contributed by atoms with E-state index in [0.29, 0.717) is 0 Å². The maximum atomic E-state index is 9.79. The maximum Gasteiger partial charge on any atom is 0.411 e. The lowest BCUT2D eigenvalue weighted by molar-refractivity contribution is -0.136. The zero-order chi connectivity index (χ0) is 5.70. The Morgan fingerprint density at radius 2 is 2.57 bits per heavy atom. The number of carbonyl (C=O) groups excluding carboxylic acids is 1. The first-order chi connectivity index (χ1) is 3.31. The van der Waals surface area contributed by atoms with E-state index in [4.69, 9.17) is 0 Å². The number of rotatable bonds is 1. The summed E-state index contributed by atoms with van der Waals surface area (Å²) in [6, 6.07) is 0. The molecule has 0 amide bonds. The summed E-state index contributed by atoms with van der Waals surface area (Å²) in [5, 5.41) is 0.